The average molecular weight is 321 g/mol. The number of hydrogen-bond acceptors (Lipinski definition) is 3. The van der Waals surface area contributed by atoms with E-state index in [0.29, 0.717) is 23.2 Å². The van der Waals surface area contributed by atoms with E-state index in [-0.39, 0.29) is 23.9 Å². The Balaban J connectivity index is 2.12. The van der Waals surface area contributed by atoms with Gasteiger partial charge < -0.3 is 4.90 Å². The maximum absolute atomic E-state index is 13.0. The molecule has 1 fully saturated rings. The van der Waals surface area contributed by atoms with Crippen molar-refractivity contribution in [1.82, 2.24) is 9.47 Å². The highest BCUT2D eigenvalue weighted by molar-refractivity contribution is 7.89. The molecule has 0 spiro atoms. The van der Waals surface area contributed by atoms with E-state index in [1.54, 1.807) is 0 Å². The molecule has 1 atom stereocenters. The molecule has 1 amide bonds. The number of carbonyl (C=O) groups is 1. The fourth-order valence-electron chi connectivity index (χ4n) is 2.63. The number of nitrogens with zero attached hydrogens (tertiary/aromatic N) is 2. The van der Waals surface area contributed by atoms with Gasteiger partial charge in [-0.05, 0) is 31.4 Å². The molecule has 6 nitrogen and oxygen atoms in total. The molecule has 0 radical (unpaired) electrons. The lowest BCUT2D eigenvalue weighted by Gasteiger charge is -2.18. The third kappa shape index (κ3) is 3.59. The molecule has 0 saturated carbocycles. The number of primary sulfonamides is 1. The van der Waals surface area contributed by atoms with Gasteiger partial charge in [-0.1, -0.05) is 0 Å². The summed E-state index contributed by atoms with van der Waals surface area (Å²) in [6.45, 7) is -0.742. The van der Waals surface area contributed by atoms with Crippen molar-refractivity contribution in [2.75, 3.05) is 18.8 Å². The van der Waals surface area contributed by atoms with Gasteiger partial charge in [-0.25, -0.2) is 13.6 Å². The van der Waals surface area contributed by atoms with E-state index in [4.69, 9.17) is 5.14 Å². The zero-order valence-electron chi connectivity index (χ0n) is 11.5. The molecule has 118 valence electrons. The van der Waals surface area contributed by atoms with Crippen molar-refractivity contribution in [1.29, 1.82) is 0 Å². The van der Waals surface area contributed by atoms with Gasteiger partial charge in [0, 0.05) is 18.8 Å². The van der Waals surface area contributed by atoms with Gasteiger partial charge in [-0.15, -0.1) is 0 Å². The summed E-state index contributed by atoms with van der Waals surface area (Å²) in [5, 5.41) is 4.98. The third-order valence-electron chi connectivity index (χ3n) is 3.58. The lowest BCUT2D eigenvalue weighted by Crippen LogP contribution is -2.32. The summed E-state index contributed by atoms with van der Waals surface area (Å²) in [5.74, 6) is -0.966. The molecule has 0 aliphatic carbocycles. The Morgan fingerprint density at radius 1 is 1.48 bits per heavy atom. The normalized spacial score (nSPS) is 19.5. The Hall–Kier alpha value is -1.48. The van der Waals surface area contributed by atoms with Crippen LogP contribution in [-0.2, 0) is 10.0 Å². The number of rotatable bonds is 4. The van der Waals surface area contributed by atoms with E-state index in [1.807, 2.05) is 0 Å². The topological polar surface area (TPSA) is 85.4 Å². The van der Waals surface area contributed by atoms with Gasteiger partial charge in [0.15, 0.2) is 0 Å². The molecule has 2 N–H and O–H groups in total. The first-order valence-electron chi connectivity index (χ1n) is 6.45. The molecular formula is C12H17F2N3O3S. The van der Waals surface area contributed by atoms with Crippen LogP contribution in [0.2, 0.25) is 0 Å². The molecular weight excluding hydrogens is 304 g/mol. The van der Waals surface area contributed by atoms with Crippen LogP contribution in [0.1, 0.15) is 29.2 Å². The second-order valence-corrected chi connectivity index (χ2v) is 6.90. The molecule has 1 aromatic heterocycles. The van der Waals surface area contributed by atoms with Crippen LogP contribution in [0.25, 0.3) is 0 Å². The van der Waals surface area contributed by atoms with E-state index < -0.39 is 22.5 Å². The highest BCUT2D eigenvalue weighted by Gasteiger charge is 2.31. The van der Waals surface area contributed by atoms with Crippen LogP contribution < -0.4 is 5.14 Å². The first-order chi connectivity index (χ1) is 9.69. The van der Waals surface area contributed by atoms with Crippen LogP contribution in [0.15, 0.2) is 12.1 Å². The molecule has 1 saturated heterocycles. The van der Waals surface area contributed by atoms with Crippen molar-refractivity contribution in [2.24, 2.45) is 11.1 Å². The van der Waals surface area contributed by atoms with E-state index in [2.05, 4.69) is 0 Å². The van der Waals surface area contributed by atoms with E-state index in [9.17, 15) is 22.0 Å². The first-order valence-corrected chi connectivity index (χ1v) is 8.16. The molecule has 0 aromatic carbocycles. The Kier molecular flexibility index (Phi) is 4.33. The molecule has 2 heterocycles. The molecule has 0 unspecified atom stereocenters. The molecule has 9 heteroatoms. The summed E-state index contributed by atoms with van der Waals surface area (Å²) in [4.78, 5) is 13.7. The maximum atomic E-state index is 13.0. The number of aryl methyl sites for hydroxylation is 1. The molecule has 1 aromatic rings. The van der Waals surface area contributed by atoms with E-state index >= 15 is 0 Å². The number of aromatic nitrogens is 1. The van der Waals surface area contributed by atoms with Crippen LogP contribution >= 0.6 is 0 Å². The van der Waals surface area contributed by atoms with Crippen molar-refractivity contribution < 1.29 is 22.0 Å². The highest BCUT2D eigenvalue weighted by atomic mass is 32.2. The Morgan fingerprint density at radius 3 is 2.71 bits per heavy atom. The molecule has 0 bridgehead atoms. The Morgan fingerprint density at radius 2 is 2.14 bits per heavy atom. The quantitative estimate of drug-likeness (QED) is 0.895. The number of carbonyl (C=O) groups excluding carboxylic acids is 1. The molecule has 2 rings (SSSR count). The molecule has 21 heavy (non-hydrogen) atoms. The summed E-state index contributed by atoms with van der Waals surface area (Å²) in [6.07, 6.45) is 0.497. The monoisotopic (exact) mass is 321 g/mol. The largest absolute Gasteiger partial charge is 0.337 e. The van der Waals surface area contributed by atoms with Gasteiger partial charge in [0.1, 0.15) is 5.69 Å². The zero-order chi connectivity index (χ0) is 15.8. The summed E-state index contributed by atoms with van der Waals surface area (Å²) in [6, 6.07) is 2.81. The maximum Gasteiger partial charge on any atom is 0.319 e. The highest BCUT2D eigenvalue weighted by Crippen LogP contribution is 2.23. The van der Waals surface area contributed by atoms with Gasteiger partial charge in [-0.3, -0.25) is 9.36 Å². The van der Waals surface area contributed by atoms with Crippen LogP contribution in [0, 0.1) is 12.8 Å². The number of alkyl halides is 2. The van der Waals surface area contributed by atoms with Crippen LogP contribution in [0.3, 0.4) is 0 Å². The summed E-state index contributed by atoms with van der Waals surface area (Å²) in [5.41, 5.74) is 0.215. The number of hydrogen-bond donors (Lipinski definition) is 1. The molecule has 1 aliphatic heterocycles. The Bertz CT molecular complexity index is 642. The summed E-state index contributed by atoms with van der Waals surface area (Å²) < 4.78 is 48.7. The smallest absolute Gasteiger partial charge is 0.319 e. The van der Waals surface area contributed by atoms with Gasteiger partial charge >= 0.3 is 6.55 Å². The number of sulfonamides is 1. The predicted octanol–water partition coefficient (Wildman–Crippen LogP) is 0.942. The minimum atomic E-state index is -3.60. The van der Waals surface area contributed by atoms with Crippen molar-refractivity contribution in [3.05, 3.63) is 23.5 Å². The summed E-state index contributed by atoms with van der Waals surface area (Å²) in [7, 11) is -3.60. The lowest BCUT2D eigenvalue weighted by molar-refractivity contribution is 0.0565. The van der Waals surface area contributed by atoms with Crippen LogP contribution in [0.4, 0.5) is 8.78 Å². The van der Waals surface area contributed by atoms with Crippen LogP contribution in [0.5, 0.6) is 0 Å². The van der Waals surface area contributed by atoms with E-state index in [1.165, 1.54) is 24.0 Å². The zero-order valence-corrected chi connectivity index (χ0v) is 12.3. The number of likely N-dealkylation sites (tertiary alicyclic amines) is 1. The van der Waals surface area contributed by atoms with Gasteiger partial charge in [0.05, 0.1) is 5.75 Å². The fraction of sp³-hybridized carbons (Fsp3) is 0.583. The van der Waals surface area contributed by atoms with Gasteiger partial charge in [0.25, 0.3) is 5.91 Å². The predicted molar refractivity (Wildman–Crippen MR) is 72.4 cm³/mol. The first kappa shape index (κ1) is 15.9. The van der Waals surface area contributed by atoms with Crippen molar-refractivity contribution in [3.8, 4) is 0 Å². The van der Waals surface area contributed by atoms with Gasteiger partial charge in [-0.2, -0.15) is 8.78 Å². The Labute approximate surface area is 121 Å². The minimum absolute atomic E-state index is 0.0845. The minimum Gasteiger partial charge on any atom is -0.337 e. The van der Waals surface area contributed by atoms with Gasteiger partial charge in [0.2, 0.25) is 10.0 Å². The number of halogens is 2. The van der Waals surface area contributed by atoms with E-state index in [0.717, 1.165) is 0 Å². The lowest BCUT2D eigenvalue weighted by atomic mass is 10.2. The van der Waals surface area contributed by atoms with Crippen molar-refractivity contribution in [3.63, 3.8) is 0 Å². The number of amides is 1. The standard InChI is InChI=1S/C12H17F2N3O3S/c1-8-2-3-10(17(8)12(13)14)11(18)16-5-4-9(6-16)7-21(15,19)20/h2-3,9,12H,4-7H2,1H3,(H2,15,19,20)/t9-/m1/s1. The SMILES string of the molecule is Cc1ccc(C(=O)N2CC[C@@H](CS(N)(=O)=O)C2)n1C(F)F. The molecule has 1 aliphatic rings. The van der Waals surface area contributed by atoms with Crippen molar-refractivity contribution in [2.45, 2.75) is 19.9 Å². The third-order valence-corrected chi connectivity index (χ3v) is 4.51. The number of nitrogens with two attached hydrogens (primary N) is 1. The average Bonchev–Trinajstić information content (AvgIpc) is 2.92. The second kappa shape index (κ2) is 5.72. The second-order valence-electron chi connectivity index (χ2n) is 5.24. The van der Waals surface area contributed by atoms with Crippen molar-refractivity contribution >= 4 is 15.9 Å². The van der Waals surface area contributed by atoms with Crippen LogP contribution in [-0.4, -0.2) is 42.6 Å². The summed E-state index contributed by atoms with van der Waals surface area (Å²) >= 11 is 0. The fourth-order valence-corrected chi connectivity index (χ4v) is 3.56.